The second kappa shape index (κ2) is 6.95. The molecular formula is C17H21NO. The summed E-state index contributed by atoms with van der Waals surface area (Å²) in [6, 6.07) is 18.6. The van der Waals surface area contributed by atoms with Crippen LogP contribution in [0.3, 0.4) is 0 Å². The van der Waals surface area contributed by atoms with E-state index in [1.807, 2.05) is 30.3 Å². The second-order valence-electron chi connectivity index (χ2n) is 4.59. The zero-order valence-electron chi connectivity index (χ0n) is 11.6. The molecule has 2 heteroatoms. The van der Waals surface area contributed by atoms with Gasteiger partial charge in [0.15, 0.2) is 0 Å². The molecule has 100 valence electrons. The van der Waals surface area contributed by atoms with Gasteiger partial charge in [-0.15, -0.1) is 0 Å². The molecule has 2 aromatic rings. The first-order valence-electron chi connectivity index (χ1n) is 6.78. The zero-order chi connectivity index (χ0) is 13.5. The first-order valence-corrected chi connectivity index (χ1v) is 6.78. The van der Waals surface area contributed by atoms with Crippen LogP contribution < -0.4 is 10.1 Å². The Morgan fingerprint density at radius 2 is 1.68 bits per heavy atom. The summed E-state index contributed by atoms with van der Waals surface area (Å²) in [6.07, 6.45) is 0. The highest BCUT2D eigenvalue weighted by Gasteiger charge is 2.12. The highest BCUT2D eigenvalue weighted by molar-refractivity contribution is 5.29. The first kappa shape index (κ1) is 13.6. The van der Waals surface area contributed by atoms with Crippen LogP contribution in [0.15, 0.2) is 54.6 Å². The van der Waals surface area contributed by atoms with Gasteiger partial charge in [0.1, 0.15) is 12.4 Å². The number of ether oxygens (including phenoxy) is 1. The SMILES string of the molecule is CCNC(COc1ccccc1)c1ccccc1C. The zero-order valence-corrected chi connectivity index (χ0v) is 11.6. The van der Waals surface area contributed by atoms with Crippen LogP contribution in [0, 0.1) is 6.92 Å². The van der Waals surface area contributed by atoms with E-state index >= 15 is 0 Å². The van der Waals surface area contributed by atoms with Crippen molar-refractivity contribution in [1.29, 1.82) is 0 Å². The molecule has 2 rings (SSSR count). The van der Waals surface area contributed by atoms with Gasteiger partial charge < -0.3 is 10.1 Å². The van der Waals surface area contributed by atoms with Gasteiger partial charge in [-0.05, 0) is 36.7 Å². The average molecular weight is 255 g/mol. The van der Waals surface area contributed by atoms with E-state index in [0.29, 0.717) is 6.61 Å². The standard InChI is InChI=1S/C17H21NO/c1-3-18-17(16-12-8-7-9-14(16)2)13-19-15-10-5-4-6-11-15/h4-12,17-18H,3,13H2,1-2H3. The molecule has 0 aromatic heterocycles. The fourth-order valence-electron chi connectivity index (χ4n) is 2.18. The first-order chi connectivity index (χ1) is 9.31. The van der Waals surface area contributed by atoms with Gasteiger partial charge >= 0.3 is 0 Å². The molecule has 0 spiro atoms. The Balaban J connectivity index is 2.07. The van der Waals surface area contributed by atoms with Crippen molar-refractivity contribution >= 4 is 0 Å². The van der Waals surface area contributed by atoms with Crippen molar-refractivity contribution < 1.29 is 4.74 Å². The summed E-state index contributed by atoms with van der Waals surface area (Å²) in [5.41, 5.74) is 2.60. The average Bonchev–Trinajstić information content (AvgIpc) is 2.45. The lowest BCUT2D eigenvalue weighted by atomic mass is 10.0. The topological polar surface area (TPSA) is 21.3 Å². The Labute approximate surface area is 115 Å². The summed E-state index contributed by atoms with van der Waals surface area (Å²) < 4.78 is 5.87. The molecule has 2 nitrogen and oxygen atoms in total. The van der Waals surface area contributed by atoms with Crippen LogP contribution in [0.25, 0.3) is 0 Å². The summed E-state index contributed by atoms with van der Waals surface area (Å²) in [7, 11) is 0. The predicted octanol–water partition coefficient (Wildman–Crippen LogP) is 3.72. The molecule has 1 N–H and O–H groups in total. The maximum Gasteiger partial charge on any atom is 0.119 e. The van der Waals surface area contributed by atoms with E-state index in [0.717, 1.165) is 12.3 Å². The number of para-hydroxylation sites is 1. The van der Waals surface area contributed by atoms with Gasteiger partial charge in [-0.1, -0.05) is 49.4 Å². The molecule has 0 aliphatic carbocycles. The number of hydrogen-bond donors (Lipinski definition) is 1. The largest absolute Gasteiger partial charge is 0.492 e. The molecule has 0 saturated carbocycles. The highest BCUT2D eigenvalue weighted by Crippen LogP contribution is 2.19. The van der Waals surface area contributed by atoms with Crippen molar-refractivity contribution in [2.75, 3.05) is 13.2 Å². The van der Waals surface area contributed by atoms with Crippen LogP contribution in [0.2, 0.25) is 0 Å². The van der Waals surface area contributed by atoms with E-state index in [2.05, 4.69) is 43.4 Å². The quantitative estimate of drug-likeness (QED) is 0.849. The van der Waals surface area contributed by atoms with Crippen LogP contribution in [-0.4, -0.2) is 13.2 Å². The molecule has 1 atom stereocenters. The van der Waals surface area contributed by atoms with Gasteiger partial charge in [0, 0.05) is 0 Å². The molecule has 0 saturated heterocycles. The lowest BCUT2D eigenvalue weighted by Gasteiger charge is -2.20. The summed E-state index contributed by atoms with van der Waals surface area (Å²) in [4.78, 5) is 0. The Hall–Kier alpha value is -1.80. The molecule has 0 amide bonds. The molecule has 0 aliphatic rings. The van der Waals surface area contributed by atoms with Crippen molar-refractivity contribution in [3.63, 3.8) is 0 Å². The predicted molar refractivity (Wildman–Crippen MR) is 79.5 cm³/mol. The monoisotopic (exact) mass is 255 g/mol. The number of benzene rings is 2. The van der Waals surface area contributed by atoms with Gasteiger partial charge in [-0.25, -0.2) is 0 Å². The Kier molecular flexibility index (Phi) is 4.99. The van der Waals surface area contributed by atoms with Gasteiger partial charge in [-0.3, -0.25) is 0 Å². The minimum Gasteiger partial charge on any atom is -0.492 e. The third-order valence-corrected chi connectivity index (χ3v) is 3.17. The Morgan fingerprint density at radius 1 is 1.00 bits per heavy atom. The lowest BCUT2D eigenvalue weighted by molar-refractivity contribution is 0.267. The summed E-state index contributed by atoms with van der Waals surface area (Å²) in [6.45, 7) is 5.83. The lowest BCUT2D eigenvalue weighted by Crippen LogP contribution is -2.27. The Bertz CT molecular complexity index is 496. The fourth-order valence-corrected chi connectivity index (χ4v) is 2.18. The molecule has 0 aliphatic heterocycles. The molecular weight excluding hydrogens is 234 g/mol. The molecule has 2 aromatic carbocycles. The summed E-state index contributed by atoms with van der Waals surface area (Å²) in [5, 5.41) is 3.48. The number of hydrogen-bond acceptors (Lipinski definition) is 2. The van der Waals surface area contributed by atoms with E-state index < -0.39 is 0 Å². The van der Waals surface area contributed by atoms with Gasteiger partial charge in [0.2, 0.25) is 0 Å². The van der Waals surface area contributed by atoms with Crippen LogP contribution in [-0.2, 0) is 0 Å². The van der Waals surface area contributed by atoms with Gasteiger partial charge in [0.05, 0.1) is 6.04 Å². The minimum atomic E-state index is 0.228. The van der Waals surface area contributed by atoms with Crippen LogP contribution >= 0.6 is 0 Å². The van der Waals surface area contributed by atoms with E-state index in [1.165, 1.54) is 11.1 Å². The number of aryl methyl sites for hydroxylation is 1. The molecule has 0 fully saturated rings. The number of likely N-dealkylation sites (N-methyl/N-ethyl adjacent to an activating group) is 1. The summed E-state index contributed by atoms with van der Waals surface area (Å²) in [5.74, 6) is 0.916. The van der Waals surface area contributed by atoms with Crippen molar-refractivity contribution in [2.24, 2.45) is 0 Å². The minimum absolute atomic E-state index is 0.228. The normalized spacial score (nSPS) is 12.1. The third-order valence-electron chi connectivity index (χ3n) is 3.17. The van der Waals surface area contributed by atoms with Crippen molar-refractivity contribution in [3.05, 3.63) is 65.7 Å². The fraction of sp³-hybridized carbons (Fsp3) is 0.294. The van der Waals surface area contributed by atoms with Gasteiger partial charge in [-0.2, -0.15) is 0 Å². The van der Waals surface area contributed by atoms with Crippen LogP contribution in [0.1, 0.15) is 24.1 Å². The Morgan fingerprint density at radius 3 is 2.37 bits per heavy atom. The molecule has 0 heterocycles. The number of nitrogens with one attached hydrogen (secondary N) is 1. The third kappa shape index (κ3) is 3.83. The smallest absolute Gasteiger partial charge is 0.119 e. The maximum absolute atomic E-state index is 5.87. The molecule has 1 unspecified atom stereocenters. The second-order valence-corrected chi connectivity index (χ2v) is 4.59. The highest BCUT2D eigenvalue weighted by atomic mass is 16.5. The molecule has 0 radical (unpaired) electrons. The van der Waals surface area contributed by atoms with Crippen molar-refractivity contribution in [2.45, 2.75) is 19.9 Å². The van der Waals surface area contributed by atoms with Crippen LogP contribution in [0.5, 0.6) is 5.75 Å². The van der Waals surface area contributed by atoms with Crippen molar-refractivity contribution in [1.82, 2.24) is 5.32 Å². The van der Waals surface area contributed by atoms with E-state index in [1.54, 1.807) is 0 Å². The van der Waals surface area contributed by atoms with Crippen LogP contribution in [0.4, 0.5) is 0 Å². The summed E-state index contributed by atoms with van der Waals surface area (Å²) >= 11 is 0. The van der Waals surface area contributed by atoms with E-state index in [4.69, 9.17) is 4.74 Å². The molecule has 0 bridgehead atoms. The van der Waals surface area contributed by atoms with Gasteiger partial charge in [0.25, 0.3) is 0 Å². The van der Waals surface area contributed by atoms with E-state index in [9.17, 15) is 0 Å². The maximum atomic E-state index is 5.87. The number of rotatable bonds is 6. The van der Waals surface area contributed by atoms with E-state index in [-0.39, 0.29) is 6.04 Å². The van der Waals surface area contributed by atoms with Crippen molar-refractivity contribution in [3.8, 4) is 5.75 Å². The molecule has 19 heavy (non-hydrogen) atoms.